The Morgan fingerprint density at radius 1 is 1.29 bits per heavy atom. The summed E-state index contributed by atoms with van der Waals surface area (Å²) in [6, 6.07) is 7.21. The fourth-order valence-electron chi connectivity index (χ4n) is 2.48. The van der Waals surface area contributed by atoms with Gasteiger partial charge in [0.05, 0.1) is 6.61 Å². The summed E-state index contributed by atoms with van der Waals surface area (Å²) in [4.78, 5) is 2.13. The fraction of sp³-hybridized carbons (Fsp3) is 0.467. The van der Waals surface area contributed by atoms with Gasteiger partial charge in [-0.15, -0.1) is 10.2 Å². The smallest absolute Gasteiger partial charge is 0.208 e. The molecule has 21 heavy (non-hydrogen) atoms. The summed E-state index contributed by atoms with van der Waals surface area (Å²) >= 11 is 1.49. The molecule has 0 atom stereocenters. The number of hydrogen-bond donors (Lipinski definition) is 1. The van der Waals surface area contributed by atoms with Gasteiger partial charge in [0.2, 0.25) is 5.13 Å². The lowest BCUT2D eigenvalue weighted by Gasteiger charge is -2.36. The third-order valence-electron chi connectivity index (χ3n) is 3.86. The molecule has 0 radical (unpaired) electrons. The number of nitrogens with zero attached hydrogens (tertiary/aromatic N) is 3. The Morgan fingerprint density at radius 3 is 2.76 bits per heavy atom. The average Bonchev–Trinajstić information content (AvgIpc) is 2.87. The average molecular weight is 307 g/mol. The second-order valence-corrected chi connectivity index (χ2v) is 6.29. The highest BCUT2D eigenvalue weighted by atomic mass is 32.1. The number of aliphatic hydroxyl groups is 1. The maximum Gasteiger partial charge on any atom is 0.208 e. The molecule has 6 heteroatoms. The van der Waals surface area contributed by atoms with E-state index in [-0.39, 0.29) is 12.4 Å². The molecule has 3 rings (SSSR count). The maximum absolute atomic E-state index is 13.7. The number of rotatable bonds is 6. The maximum atomic E-state index is 13.7. The van der Waals surface area contributed by atoms with Crippen molar-refractivity contribution in [3.63, 3.8) is 0 Å². The van der Waals surface area contributed by atoms with Gasteiger partial charge in [0, 0.05) is 19.0 Å². The molecule has 1 saturated carbocycles. The van der Waals surface area contributed by atoms with Crippen molar-refractivity contribution < 1.29 is 9.50 Å². The first-order valence-electron chi connectivity index (χ1n) is 7.21. The van der Waals surface area contributed by atoms with E-state index in [1.165, 1.54) is 23.8 Å². The van der Waals surface area contributed by atoms with Crippen LogP contribution in [-0.2, 0) is 6.42 Å². The molecule has 1 aromatic carbocycles. The largest absolute Gasteiger partial charge is 0.395 e. The van der Waals surface area contributed by atoms with Crippen LogP contribution in [0, 0.1) is 5.82 Å². The molecule has 1 aromatic heterocycles. The van der Waals surface area contributed by atoms with E-state index >= 15 is 0 Å². The first-order valence-corrected chi connectivity index (χ1v) is 8.03. The van der Waals surface area contributed by atoms with E-state index in [2.05, 4.69) is 15.1 Å². The highest BCUT2D eigenvalue weighted by Gasteiger charge is 2.27. The Balaban J connectivity index is 1.74. The van der Waals surface area contributed by atoms with Crippen LogP contribution in [0.2, 0.25) is 0 Å². The molecule has 0 spiro atoms. The molecule has 1 N–H and O–H groups in total. The van der Waals surface area contributed by atoms with Gasteiger partial charge in [-0.05, 0) is 30.9 Å². The van der Waals surface area contributed by atoms with E-state index in [0.717, 1.165) is 23.0 Å². The first kappa shape index (κ1) is 14.4. The van der Waals surface area contributed by atoms with Gasteiger partial charge >= 0.3 is 0 Å². The fourth-order valence-corrected chi connectivity index (χ4v) is 3.44. The molecule has 0 saturated heterocycles. The first-order chi connectivity index (χ1) is 10.3. The molecule has 0 aliphatic heterocycles. The van der Waals surface area contributed by atoms with Gasteiger partial charge in [0.1, 0.15) is 10.8 Å². The third kappa shape index (κ3) is 3.22. The third-order valence-corrected chi connectivity index (χ3v) is 4.82. The Labute approximate surface area is 127 Å². The molecule has 112 valence electrons. The van der Waals surface area contributed by atoms with Crippen LogP contribution in [0.5, 0.6) is 0 Å². The van der Waals surface area contributed by atoms with Crippen LogP contribution in [0.25, 0.3) is 0 Å². The lowest BCUT2D eigenvalue weighted by atomic mass is 9.92. The second kappa shape index (κ2) is 6.49. The minimum absolute atomic E-state index is 0.110. The molecule has 4 nitrogen and oxygen atoms in total. The molecule has 1 fully saturated rings. The van der Waals surface area contributed by atoms with Gasteiger partial charge in [0.15, 0.2) is 0 Å². The molecule has 1 aliphatic carbocycles. The van der Waals surface area contributed by atoms with Crippen molar-refractivity contribution in [2.45, 2.75) is 31.7 Å². The molecule has 1 aliphatic rings. The van der Waals surface area contributed by atoms with Gasteiger partial charge < -0.3 is 10.0 Å². The van der Waals surface area contributed by atoms with Crippen LogP contribution < -0.4 is 4.90 Å². The summed E-state index contributed by atoms with van der Waals surface area (Å²) in [5, 5.41) is 19.2. The topological polar surface area (TPSA) is 49.2 Å². The van der Waals surface area contributed by atoms with Gasteiger partial charge in [-0.1, -0.05) is 29.5 Å². The number of hydrogen-bond acceptors (Lipinski definition) is 5. The van der Waals surface area contributed by atoms with E-state index < -0.39 is 0 Å². The summed E-state index contributed by atoms with van der Waals surface area (Å²) in [6.07, 6.45) is 3.97. The van der Waals surface area contributed by atoms with Crippen LogP contribution in [-0.4, -0.2) is 34.5 Å². The van der Waals surface area contributed by atoms with E-state index in [4.69, 9.17) is 0 Å². The molecule has 0 amide bonds. The van der Waals surface area contributed by atoms with Crippen LogP contribution in [0.3, 0.4) is 0 Å². The zero-order valence-electron chi connectivity index (χ0n) is 11.7. The summed E-state index contributed by atoms with van der Waals surface area (Å²) < 4.78 is 13.7. The molecular weight excluding hydrogens is 289 g/mol. The summed E-state index contributed by atoms with van der Waals surface area (Å²) in [5.74, 6) is -0.208. The number of aromatic nitrogens is 2. The van der Waals surface area contributed by atoms with Crippen LogP contribution in [0.15, 0.2) is 24.3 Å². The summed E-state index contributed by atoms with van der Waals surface area (Å²) in [7, 11) is 0. The van der Waals surface area contributed by atoms with Crippen molar-refractivity contribution >= 4 is 16.5 Å². The number of anilines is 1. The highest BCUT2D eigenvalue weighted by Crippen LogP contribution is 2.31. The highest BCUT2D eigenvalue weighted by molar-refractivity contribution is 7.15. The minimum atomic E-state index is -0.208. The van der Waals surface area contributed by atoms with E-state index in [1.807, 2.05) is 6.07 Å². The van der Waals surface area contributed by atoms with Crippen molar-refractivity contribution in [2.75, 3.05) is 18.1 Å². The normalized spacial score (nSPS) is 15.0. The van der Waals surface area contributed by atoms with E-state index in [0.29, 0.717) is 24.6 Å². The van der Waals surface area contributed by atoms with Gasteiger partial charge in [-0.2, -0.15) is 0 Å². The molecule has 2 aromatic rings. The van der Waals surface area contributed by atoms with Gasteiger partial charge in [-0.3, -0.25) is 0 Å². The van der Waals surface area contributed by atoms with Gasteiger partial charge in [0.25, 0.3) is 0 Å². The Hall–Kier alpha value is -1.53. The van der Waals surface area contributed by atoms with Crippen molar-refractivity contribution in [1.29, 1.82) is 0 Å². The predicted octanol–water partition coefficient (Wildman–Crippen LogP) is 2.62. The van der Waals surface area contributed by atoms with Gasteiger partial charge in [-0.25, -0.2) is 4.39 Å². The standard InChI is InChI=1S/C15H18FN3OS/c16-13-7-2-1-4-11(13)10-14-17-18-15(21-14)19(8-9-20)12-5-3-6-12/h1-2,4,7,12,20H,3,5-6,8-10H2. The lowest BCUT2D eigenvalue weighted by molar-refractivity contribution is 0.283. The Bertz CT molecular complexity index is 600. The van der Waals surface area contributed by atoms with Crippen LogP contribution in [0.4, 0.5) is 9.52 Å². The number of aliphatic hydroxyl groups excluding tert-OH is 1. The van der Waals surface area contributed by atoms with Crippen LogP contribution in [0.1, 0.15) is 29.8 Å². The van der Waals surface area contributed by atoms with Crippen molar-refractivity contribution in [3.8, 4) is 0 Å². The van der Waals surface area contributed by atoms with E-state index in [1.54, 1.807) is 12.1 Å². The van der Waals surface area contributed by atoms with Crippen molar-refractivity contribution in [2.24, 2.45) is 0 Å². The lowest BCUT2D eigenvalue weighted by Crippen LogP contribution is -2.41. The predicted molar refractivity (Wildman–Crippen MR) is 81.2 cm³/mol. The molecular formula is C15H18FN3OS. The molecule has 1 heterocycles. The SMILES string of the molecule is OCCN(c1nnc(Cc2ccccc2F)s1)C1CCC1. The second-order valence-electron chi connectivity index (χ2n) is 5.25. The van der Waals surface area contributed by atoms with Crippen LogP contribution >= 0.6 is 11.3 Å². The minimum Gasteiger partial charge on any atom is -0.395 e. The van der Waals surface area contributed by atoms with E-state index in [9.17, 15) is 9.50 Å². The summed E-state index contributed by atoms with van der Waals surface area (Å²) in [6.45, 7) is 0.692. The molecule has 0 unspecified atom stereocenters. The zero-order chi connectivity index (χ0) is 14.7. The number of halogens is 1. The molecule has 0 bridgehead atoms. The number of benzene rings is 1. The Kier molecular flexibility index (Phi) is 4.45. The van der Waals surface area contributed by atoms with Crippen molar-refractivity contribution in [1.82, 2.24) is 10.2 Å². The monoisotopic (exact) mass is 307 g/mol. The Morgan fingerprint density at radius 2 is 2.10 bits per heavy atom. The quantitative estimate of drug-likeness (QED) is 0.891. The zero-order valence-corrected chi connectivity index (χ0v) is 12.5. The van der Waals surface area contributed by atoms with Crippen molar-refractivity contribution in [3.05, 3.63) is 40.7 Å². The summed E-state index contributed by atoms with van der Waals surface area (Å²) in [5.41, 5.74) is 0.637.